The molecule has 1 aromatic rings. The summed E-state index contributed by atoms with van der Waals surface area (Å²) < 4.78 is 39.9. The second kappa shape index (κ2) is 6.09. The minimum absolute atomic E-state index is 0.0960. The molecule has 0 radical (unpaired) electrons. The molecule has 0 bridgehead atoms. The van der Waals surface area contributed by atoms with E-state index in [-0.39, 0.29) is 23.4 Å². The highest BCUT2D eigenvalue weighted by Gasteiger charge is 2.22. The Bertz CT molecular complexity index is 575. The minimum Gasteiger partial charge on any atom is -0.370 e. The maximum Gasteiger partial charge on any atom is 0.241 e. The Hall–Kier alpha value is -1.51. The van der Waals surface area contributed by atoms with Crippen molar-refractivity contribution >= 4 is 15.9 Å². The summed E-state index contributed by atoms with van der Waals surface area (Å²) in [7, 11) is -3.95. The first-order valence-corrected chi connectivity index (χ1v) is 7.04. The van der Waals surface area contributed by atoms with Gasteiger partial charge in [0.25, 0.3) is 0 Å². The molecule has 0 aliphatic heterocycles. The van der Waals surface area contributed by atoms with E-state index in [0.29, 0.717) is 0 Å². The number of nitrogens with one attached hydrogen (secondary N) is 1. The van der Waals surface area contributed by atoms with Gasteiger partial charge in [-0.3, -0.25) is 4.79 Å². The lowest BCUT2D eigenvalue weighted by Crippen LogP contribution is -2.36. The quantitative estimate of drug-likeness (QED) is 0.674. The van der Waals surface area contributed by atoms with Gasteiger partial charge in [0, 0.05) is 24.6 Å². The van der Waals surface area contributed by atoms with Gasteiger partial charge in [0.15, 0.2) is 0 Å². The first-order valence-electron chi connectivity index (χ1n) is 5.56. The van der Waals surface area contributed by atoms with Crippen LogP contribution in [0.2, 0.25) is 0 Å². The summed E-state index contributed by atoms with van der Waals surface area (Å²) in [6.45, 7) is 1.25. The number of rotatable bonds is 6. The molecule has 0 saturated carbocycles. The second-order valence-electron chi connectivity index (χ2n) is 4.11. The average Bonchev–Trinajstić information content (AvgIpc) is 2.26. The molecule has 1 atom stereocenters. The molecule has 1 rings (SSSR count). The maximum absolute atomic E-state index is 13.5. The minimum atomic E-state index is -3.95. The van der Waals surface area contributed by atoms with Crippen LogP contribution in [-0.4, -0.2) is 20.4 Å². The molecule has 19 heavy (non-hydrogen) atoms. The lowest BCUT2D eigenvalue weighted by molar-refractivity contribution is -0.118. The zero-order chi connectivity index (χ0) is 14.6. The van der Waals surface area contributed by atoms with E-state index in [1.54, 1.807) is 0 Å². The predicted octanol–water partition coefficient (Wildman–Crippen LogP) is -0.173. The van der Waals surface area contributed by atoms with Crippen LogP contribution in [-0.2, 0) is 21.4 Å². The zero-order valence-electron chi connectivity index (χ0n) is 10.4. The van der Waals surface area contributed by atoms with Crippen molar-refractivity contribution in [3.8, 4) is 0 Å². The van der Waals surface area contributed by atoms with Crippen LogP contribution in [0.4, 0.5) is 4.39 Å². The summed E-state index contributed by atoms with van der Waals surface area (Å²) in [6, 6.07) is 2.98. The number of primary amides is 1. The normalized spacial score (nSPS) is 13.2. The first-order chi connectivity index (χ1) is 8.77. The Kier molecular flexibility index (Phi) is 4.98. The van der Waals surface area contributed by atoms with Crippen LogP contribution in [0.5, 0.6) is 0 Å². The van der Waals surface area contributed by atoms with Crippen molar-refractivity contribution in [3.63, 3.8) is 0 Å². The first kappa shape index (κ1) is 15.5. The molecule has 0 fully saturated rings. The van der Waals surface area contributed by atoms with E-state index >= 15 is 0 Å². The summed E-state index contributed by atoms with van der Waals surface area (Å²) in [4.78, 5) is 10.5. The number of amides is 1. The van der Waals surface area contributed by atoms with Crippen molar-refractivity contribution < 1.29 is 17.6 Å². The van der Waals surface area contributed by atoms with Crippen molar-refractivity contribution in [2.45, 2.75) is 30.8 Å². The van der Waals surface area contributed by atoms with Crippen molar-refractivity contribution in [1.29, 1.82) is 0 Å². The molecule has 1 unspecified atom stereocenters. The van der Waals surface area contributed by atoms with Gasteiger partial charge in [0.2, 0.25) is 15.9 Å². The summed E-state index contributed by atoms with van der Waals surface area (Å²) in [5.74, 6) is -1.32. The lowest BCUT2D eigenvalue weighted by atomic mass is 10.2. The van der Waals surface area contributed by atoms with Crippen LogP contribution >= 0.6 is 0 Å². The number of hydrogen-bond acceptors (Lipinski definition) is 4. The number of carbonyl (C=O) groups is 1. The summed E-state index contributed by atoms with van der Waals surface area (Å²) in [6.07, 6.45) is -0.146. The zero-order valence-corrected chi connectivity index (χ0v) is 11.2. The van der Waals surface area contributed by atoms with Crippen molar-refractivity contribution in [3.05, 3.63) is 29.6 Å². The molecule has 1 aromatic carbocycles. The van der Waals surface area contributed by atoms with Gasteiger partial charge in [-0.25, -0.2) is 17.5 Å². The van der Waals surface area contributed by atoms with Crippen LogP contribution in [0.3, 0.4) is 0 Å². The highest BCUT2D eigenvalue weighted by molar-refractivity contribution is 7.89. The van der Waals surface area contributed by atoms with E-state index in [1.165, 1.54) is 19.1 Å². The third kappa shape index (κ3) is 3.98. The summed E-state index contributed by atoms with van der Waals surface area (Å²) in [5, 5.41) is 0. The molecule has 106 valence electrons. The molecule has 0 saturated heterocycles. The number of halogens is 1. The number of benzene rings is 1. The van der Waals surface area contributed by atoms with Crippen molar-refractivity contribution in [2.24, 2.45) is 11.5 Å². The lowest BCUT2D eigenvalue weighted by Gasteiger charge is -2.15. The third-order valence-electron chi connectivity index (χ3n) is 2.43. The van der Waals surface area contributed by atoms with Gasteiger partial charge < -0.3 is 11.5 Å². The molecule has 0 aliphatic rings. The molecule has 0 heterocycles. The van der Waals surface area contributed by atoms with E-state index in [4.69, 9.17) is 11.5 Å². The molecule has 0 aromatic heterocycles. The van der Waals surface area contributed by atoms with E-state index in [0.717, 1.165) is 6.07 Å². The average molecular weight is 289 g/mol. The fourth-order valence-electron chi connectivity index (χ4n) is 1.66. The van der Waals surface area contributed by atoms with E-state index in [9.17, 15) is 17.6 Å². The number of carbonyl (C=O) groups excluding carboxylic acids is 1. The molecule has 5 N–H and O–H groups in total. The fraction of sp³-hybridized carbons (Fsp3) is 0.364. The van der Waals surface area contributed by atoms with Crippen LogP contribution in [0, 0.1) is 5.82 Å². The Morgan fingerprint density at radius 3 is 2.63 bits per heavy atom. The van der Waals surface area contributed by atoms with Crippen LogP contribution in [0.15, 0.2) is 23.1 Å². The largest absolute Gasteiger partial charge is 0.370 e. The monoisotopic (exact) mass is 289 g/mol. The Balaban J connectivity index is 3.07. The molecule has 6 nitrogen and oxygen atoms in total. The fourth-order valence-corrected chi connectivity index (χ4v) is 3.16. The maximum atomic E-state index is 13.5. The molecular formula is C11H16FN3O3S. The summed E-state index contributed by atoms with van der Waals surface area (Å²) in [5.41, 5.74) is 10.2. The van der Waals surface area contributed by atoms with Crippen molar-refractivity contribution in [1.82, 2.24) is 4.72 Å². The van der Waals surface area contributed by atoms with Gasteiger partial charge in [-0.15, -0.1) is 0 Å². The van der Waals surface area contributed by atoms with Gasteiger partial charge >= 0.3 is 0 Å². The van der Waals surface area contributed by atoms with Gasteiger partial charge in [0.05, 0.1) is 4.90 Å². The topological polar surface area (TPSA) is 115 Å². The van der Waals surface area contributed by atoms with Crippen LogP contribution < -0.4 is 16.2 Å². The standard InChI is InChI=1S/C11H16FN3O3S/c1-7(5-11(14)16)15-19(17,18)10-4-2-3-9(12)8(10)6-13/h2-4,7,15H,5-6,13H2,1H3,(H2,14,16). The Morgan fingerprint density at radius 1 is 1.47 bits per heavy atom. The summed E-state index contributed by atoms with van der Waals surface area (Å²) >= 11 is 0. The van der Waals surface area contributed by atoms with Crippen molar-refractivity contribution in [2.75, 3.05) is 0 Å². The smallest absolute Gasteiger partial charge is 0.241 e. The molecule has 0 spiro atoms. The van der Waals surface area contributed by atoms with E-state index < -0.39 is 27.8 Å². The Labute approximate surface area is 111 Å². The molecule has 1 amide bonds. The second-order valence-corrected chi connectivity index (χ2v) is 5.80. The van der Waals surface area contributed by atoms with E-state index in [2.05, 4.69) is 4.72 Å². The third-order valence-corrected chi connectivity index (χ3v) is 4.11. The number of nitrogens with two attached hydrogens (primary N) is 2. The molecular weight excluding hydrogens is 273 g/mol. The number of sulfonamides is 1. The van der Waals surface area contributed by atoms with Gasteiger partial charge in [0.1, 0.15) is 5.82 Å². The predicted molar refractivity (Wildman–Crippen MR) is 67.9 cm³/mol. The van der Waals surface area contributed by atoms with E-state index in [1.807, 2.05) is 0 Å². The molecule has 0 aliphatic carbocycles. The SMILES string of the molecule is CC(CC(N)=O)NS(=O)(=O)c1cccc(F)c1CN. The number of hydrogen-bond donors (Lipinski definition) is 3. The molecule has 8 heteroatoms. The highest BCUT2D eigenvalue weighted by atomic mass is 32.2. The highest BCUT2D eigenvalue weighted by Crippen LogP contribution is 2.18. The Morgan fingerprint density at radius 2 is 2.11 bits per heavy atom. The van der Waals surface area contributed by atoms with Crippen LogP contribution in [0.1, 0.15) is 18.9 Å². The van der Waals surface area contributed by atoms with Crippen LogP contribution in [0.25, 0.3) is 0 Å². The van der Waals surface area contributed by atoms with Gasteiger partial charge in [-0.2, -0.15) is 0 Å². The van der Waals surface area contributed by atoms with Gasteiger partial charge in [-0.1, -0.05) is 6.07 Å². The van der Waals surface area contributed by atoms with Gasteiger partial charge in [-0.05, 0) is 19.1 Å².